The summed E-state index contributed by atoms with van der Waals surface area (Å²) < 4.78 is 5.91. The molecule has 2 aromatic carbocycles. The summed E-state index contributed by atoms with van der Waals surface area (Å²) in [4.78, 5) is 2.52. The molecule has 0 saturated carbocycles. The first-order valence-electron chi connectivity index (χ1n) is 8.46. The average molecular weight is 319 g/mol. The van der Waals surface area contributed by atoms with E-state index in [4.69, 9.17) is 15.7 Å². The largest absolute Gasteiger partial charge is 0.493 e. The van der Waals surface area contributed by atoms with Crippen LogP contribution in [0.2, 0.25) is 0 Å². The first-order valence-corrected chi connectivity index (χ1v) is 8.46. The van der Waals surface area contributed by atoms with Crippen LogP contribution in [0.25, 0.3) is 0 Å². The van der Waals surface area contributed by atoms with E-state index in [-0.39, 0.29) is 0 Å². The lowest BCUT2D eigenvalue weighted by atomic mass is 9.86. The number of benzene rings is 2. The second kappa shape index (κ2) is 6.18. The molecule has 4 rings (SSSR count). The SMILES string of the molecule is N#Cc1ccc2c(c1)[C@@H]1CN(CCc3ccc(N)cc3)C[C@H]1CO2. The monoisotopic (exact) mass is 319 g/mol. The molecule has 0 unspecified atom stereocenters. The summed E-state index contributed by atoms with van der Waals surface area (Å²) in [5.41, 5.74) is 9.81. The molecule has 2 aliphatic heterocycles. The van der Waals surface area contributed by atoms with E-state index in [0.29, 0.717) is 11.8 Å². The van der Waals surface area contributed by atoms with Crippen molar-refractivity contribution in [3.05, 3.63) is 59.2 Å². The van der Waals surface area contributed by atoms with Crippen molar-refractivity contribution < 1.29 is 4.74 Å². The molecular formula is C20H21N3O. The van der Waals surface area contributed by atoms with Crippen LogP contribution in [-0.2, 0) is 6.42 Å². The molecule has 1 fully saturated rings. The summed E-state index contributed by atoms with van der Waals surface area (Å²) in [5, 5.41) is 9.15. The molecule has 0 amide bonds. The zero-order valence-corrected chi connectivity index (χ0v) is 13.6. The minimum atomic E-state index is 0.480. The van der Waals surface area contributed by atoms with Gasteiger partial charge in [0.15, 0.2) is 0 Å². The molecule has 0 spiro atoms. The predicted octanol–water partition coefficient (Wildman–Crippen LogP) is 2.79. The molecule has 0 aromatic heterocycles. The van der Waals surface area contributed by atoms with Gasteiger partial charge < -0.3 is 15.4 Å². The van der Waals surface area contributed by atoms with E-state index >= 15 is 0 Å². The number of hydrogen-bond donors (Lipinski definition) is 1. The van der Waals surface area contributed by atoms with Crippen LogP contribution in [-0.4, -0.2) is 31.1 Å². The lowest BCUT2D eigenvalue weighted by molar-refractivity contribution is 0.213. The number of nitrogen functional groups attached to an aromatic ring is 1. The van der Waals surface area contributed by atoms with Gasteiger partial charge in [-0.25, -0.2) is 0 Å². The van der Waals surface area contributed by atoms with Crippen LogP contribution in [0, 0.1) is 17.2 Å². The van der Waals surface area contributed by atoms with Gasteiger partial charge in [-0.05, 0) is 42.3 Å². The van der Waals surface area contributed by atoms with Crippen molar-refractivity contribution in [1.29, 1.82) is 5.26 Å². The maximum absolute atomic E-state index is 9.15. The minimum Gasteiger partial charge on any atom is -0.493 e. The highest BCUT2D eigenvalue weighted by molar-refractivity contribution is 5.46. The molecule has 2 heterocycles. The highest BCUT2D eigenvalue weighted by atomic mass is 16.5. The van der Waals surface area contributed by atoms with Gasteiger partial charge in [-0.3, -0.25) is 0 Å². The highest BCUT2D eigenvalue weighted by Gasteiger charge is 2.38. The first kappa shape index (κ1) is 15.0. The van der Waals surface area contributed by atoms with Crippen molar-refractivity contribution in [2.75, 3.05) is 32.0 Å². The van der Waals surface area contributed by atoms with E-state index in [1.165, 1.54) is 11.1 Å². The standard InChI is InChI=1S/C20H21N3O/c21-10-15-3-6-20-18(9-15)19-12-23(11-16(19)13-24-20)8-7-14-1-4-17(22)5-2-14/h1-6,9,16,19H,7-8,11-13,22H2/t16-,19+/m0/s1. The third-order valence-electron chi connectivity index (χ3n) is 5.20. The molecule has 0 bridgehead atoms. The number of hydrogen-bond acceptors (Lipinski definition) is 4. The Balaban J connectivity index is 1.45. The Morgan fingerprint density at radius 1 is 1.17 bits per heavy atom. The van der Waals surface area contributed by atoms with Gasteiger partial charge in [-0.2, -0.15) is 5.26 Å². The van der Waals surface area contributed by atoms with Gasteiger partial charge in [0.25, 0.3) is 0 Å². The van der Waals surface area contributed by atoms with Crippen molar-refractivity contribution in [3.8, 4) is 11.8 Å². The van der Waals surface area contributed by atoms with E-state index in [1.54, 1.807) is 0 Å². The number of anilines is 1. The number of fused-ring (bicyclic) bond motifs is 3. The number of nitriles is 1. The Labute approximate surface area is 142 Å². The van der Waals surface area contributed by atoms with E-state index in [9.17, 15) is 0 Å². The van der Waals surface area contributed by atoms with Crippen LogP contribution in [0.1, 0.15) is 22.6 Å². The molecule has 122 valence electrons. The van der Waals surface area contributed by atoms with Gasteiger partial charge in [0.2, 0.25) is 0 Å². The van der Waals surface area contributed by atoms with Crippen molar-refractivity contribution >= 4 is 5.69 Å². The van der Waals surface area contributed by atoms with E-state index in [2.05, 4.69) is 23.1 Å². The fourth-order valence-electron chi connectivity index (χ4n) is 3.87. The quantitative estimate of drug-likeness (QED) is 0.884. The Hall–Kier alpha value is -2.51. The summed E-state index contributed by atoms with van der Waals surface area (Å²) in [7, 11) is 0. The Kier molecular flexibility index (Phi) is 3.87. The first-order chi connectivity index (χ1) is 11.7. The van der Waals surface area contributed by atoms with E-state index in [0.717, 1.165) is 49.7 Å². The number of nitrogens with zero attached hydrogens (tertiary/aromatic N) is 2. The zero-order valence-electron chi connectivity index (χ0n) is 13.6. The number of ether oxygens (including phenoxy) is 1. The van der Waals surface area contributed by atoms with Crippen LogP contribution in [0.5, 0.6) is 5.75 Å². The van der Waals surface area contributed by atoms with Crippen molar-refractivity contribution in [2.24, 2.45) is 5.92 Å². The van der Waals surface area contributed by atoms with Gasteiger partial charge >= 0.3 is 0 Å². The Morgan fingerprint density at radius 3 is 2.79 bits per heavy atom. The second-order valence-electron chi connectivity index (χ2n) is 6.79. The number of rotatable bonds is 3. The van der Waals surface area contributed by atoms with Gasteiger partial charge in [-0.15, -0.1) is 0 Å². The van der Waals surface area contributed by atoms with Gasteiger partial charge in [0.1, 0.15) is 5.75 Å². The smallest absolute Gasteiger partial charge is 0.122 e. The summed E-state index contributed by atoms with van der Waals surface area (Å²) in [5.74, 6) is 1.96. The average Bonchev–Trinajstić information content (AvgIpc) is 3.04. The number of likely N-dealkylation sites (tertiary alicyclic amines) is 1. The van der Waals surface area contributed by atoms with Gasteiger partial charge in [0.05, 0.1) is 18.2 Å². The fourth-order valence-corrected chi connectivity index (χ4v) is 3.87. The lowest BCUT2D eigenvalue weighted by Gasteiger charge is -2.27. The summed E-state index contributed by atoms with van der Waals surface area (Å²) in [6.45, 7) is 3.94. The lowest BCUT2D eigenvalue weighted by Crippen LogP contribution is -2.25. The van der Waals surface area contributed by atoms with Crippen LogP contribution in [0.3, 0.4) is 0 Å². The highest BCUT2D eigenvalue weighted by Crippen LogP contribution is 2.41. The van der Waals surface area contributed by atoms with Crippen molar-refractivity contribution in [1.82, 2.24) is 4.90 Å². The van der Waals surface area contributed by atoms with E-state index in [1.807, 2.05) is 30.3 Å². The topological polar surface area (TPSA) is 62.3 Å². The van der Waals surface area contributed by atoms with Crippen LogP contribution in [0.15, 0.2) is 42.5 Å². The Bertz CT molecular complexity index is 778. The van der Waals surface area contributed by atoms with Crippen LogP contribution in [0.4, 0.5) is 5.69 Å². The molecule has 2 aromatic rings. The molecular weight excluding hydrogens is 298 g/mol. The molecule has 4 heteroatoms. The normalized spacial score (nSPS) is 22.3. The predicted molar refractivity (Wildman–Crippen MR) is 93.9 cm³/mol. The summed E-state index contributed by atoms with van der Waals surface area (Å²) >= 11 is 0. The summed E-state index contributed by atoms with van der Waals surface area (Å²) in [6.07, 6.45) is 1.03. The van der Waals surface area contributed by atoms with Gasteiger partial charge in [-0.1, -0.05) is 12.1 Å². The van der Waals surface area contributed by atoms with Gasteiger partial charge in [0, 0.05) is 42.7 Å². The molecule has 2 aliphatic rings. The number of nitrogens with two attached hydrogens (primary N) is 1. The molecule has 4 nitrogen and oxygen atoms in total. The Morgan fingerprint density at radius 2 is 2.00 bits per heavy atom. The molecule has 2 atom stereocenters. The fraction of sp³-hybridized carbons (Fsp3) is 0.350. The zero-order chi connectivity index (χ0) is 16.5. The third-order valence-corrected chi connectivity index (χ3v) is 5.20. The minimum absolute atomic E-state index is 0.480. The van der Waals surface area contributed by atoms with Crippen LogP contribution < -0.4 is 10.5 Å². The molecule has 24 heavy (non-hydrogen) atoms. The van der Waals surface area contributed by atoms with Crippen molar-refractivity contribution in [2.45, 2.75) is 12.3 Å². The van der Waals surface area contributed by atoms with Crippen molar-refractivity contribution in [3.63, 3.8) is 0 Å². The molecule has 2 N–H and O–H groups in total. The molecule has 0 radical (unpaired) electrons. The van der Waals surface area contributed by atoms with E-state index < -0.39 is 0 Å². The second-order valence-corrected chi connectivity index (χ2v) is 6.79. The molecule has 1 saturated heterocycles. The molecule has 0 aliphatic carbocycles. The third kappa shape index (κ3) is 2.83. The van der Waals surface area contributed by atoms with Crippen LogP contribution >= 0.6 is 0 Å². The maximum Gasteiger partial charge on any atom is 0.122 e. The summed E-state index contributed by atoms with van der Waals surface area (Å²) in [6, 6.07) is 16.2. The maximum atomic E-state index is 9.15.